The summed E-state index contributed by atoms with van der Waals surface area (Å²) in [5.74, 6) is 1.36. The molecule has 1 aromatic rings. The largest absolute Gasteiger partial charge is 0.375 e. The maximum absolute atomic E-state index is 5.66. The molecule has 1 aromatic heterocycles. The standard InChI is InChI=1S/C9H14N2S/c1-5(2)6-3-4-7-8(6)11-9(10)12-7/h5-6H,3-4H2,1-2H3,(H2,10,11). The van der Waals surface area contributed by atoms with E-state index in [0.717, 1.165) is 5.13 Å². The normalized spacial score (nSPS) is 21.8. The molecule has 0 radical (unpaired) electrons. The topological polar surface area (TPSA) is 38.9 Å². The highest BCUT2D eigenvalue weighted by Crippen LogP contribution is 2.40. The lowest BCUT2D eigenvalue weighted by Crippen LogP contribution is -2.03. The predicted octanol–water partition coefficient (Wildman–Crippen LogP) is 2.41. The molecule has 0 fully saturated rings. The number of nitrogens with zero attached hydrogens (tertiary/aromatic N) is 1. The second-order valence-electron chi connectivity index (χ2n) is 3.75. The maximum Gasteiger partial charge on any atom is 0.180 e. The first kappa shape index (κ1) is 8.05. The molecule has 2 nitrogen and oxygen atoms in total. The molecule has 2 rings (SSSR count). The van der Waals surface area contributed by atoms with Gasteiger partial charge in [-0.15, -0.1) is 11.3 Å². The Kier molecular flexibility index (Phi) is 1.83. The van der Waals surface area contributed by atoms with E-state index in [-0.39, 0.29) is 0 Å². The smallest absolute Gasteiger partial charge is 0.180 e. The van der Waals surface area contributed by atoms with Crippen molar-refractivity contribution >= 4 is 16.5 Å². The lowest BCUT2D eigenvalue weighted by molar-refractivity contribution is 0.488. The fraction of sp³-hybridized carbons (Fsp3) is 0.667. The summed E-state index contributed by atoms with van der Waals surface area (Å²) in [5, 5.41) is 0.741. The van der Waals surface area contributed by atoms with Crippen molar-refractivity contribution in [2.24, 2.45) is 5.92 Å². The van der Waals surface area contributed by atoms with Gasteiger partial charge in [0.15, 0.2) is 5.13 Å². The Bertz CT molecular complexity index is 291. The van der Waals surface area contributed by atoms with Crippen LogP contribution in [0.5, 0.6) is 0 Å². The number of aromatic nitrogens is 1. The van der Waals surface area contributed by atoms with E-state index in [1.807, 2.05) is 0 Å². The van der Waals surface area contributed by atoms with Crippen molar-refractivity contribution in [3.63, 3.8) is 0 Å². The number of fused-ring (bicyclic) bond motifs is 1. The third-order valence-corrected chi connectivity index (χ3v) is 3.54. The molecule has 1 aliphatic rings. The molecule has 1 atom stereocenters. The molecule has 0 saturated heterocycles. The lowest BCUT2D eigenvalue weighted by atomic mass is 9.94. The molecule has 0 amide bonds. The Morgan fingerprint density at radius 3 is 3.00 bits per heavy atom. The number of nitrogen functional groups attached to an aromatic ring is 1. The lowest BCUT2D eigenvalue weighted by Gasteiger charge is -2.12. The zero-order chi connectivity index (χ0) is 8.72. The molecule has 0 saturated carbocycles. The van der Waals surface area contributed by atoms with E-state index in [9.17, 15) is 0 Å². The summed E-state index contributed by atoms with van der Waals surface area (Å²) in [6.07, 6.45) is 2.46. The average molecular weight is 182 g/mol. The van der Waals surface area contributed by atoms with Gasteiger partial charge in [-0.2, -0.15) is 0 Å². The summed E-state index contributed by atoms with van der Waals surface area (Å²) in [7, 11) is 0. The molecule has 2 N–H and O–H groups in total. The molecule has 0 aliphatic heterocycles. The number of hydrogen-bond donors (Lipinski definition) is 1. The molecule has 0 bridgehead atoms. The fourth-order valence-corrected chi connectivity index (χ4v) is 2.84. The Balaban J connectivity index is 2.34. The van der Waals surface area contributed by atoms with E-state index in [1.54, 1.807) is 11.3 Å². The molecule has 1 aliphatic carbocycles. The monoisotopic (exact) mass is 182 g/mol. The average Bonchev–Trinajstić information content (AvgIpc) is 2.43. The van der Waals surface area contributed by atoms with Crippen LogP contribution in [0.15, 0.2) is 0 Å². The summed E-state index contributed by atoms with van der Waals surface area (Å²) in [5.41, 5.74) is 6.94. The van der Waals surface area contributed by atoms with Crippen LogP contribution in [0, 0.1) is 5.92 Å². The molecular weight excluding hydrogens is 168 g/mol. The van der Waals surface area contributed by atoms with E-state index < -0.39 is 0 Å². The highest BCUT2D eigenvalue weighted by molar-refractivity contribution is 7.15. The predicted molar refractivity (Wildman–Crippen MR) is 52.4 cm³/mol. The quantitative estimate of drug-likeness (QED) is 0.724. The number of nitrogens with two attached hydrogens (primary N) is 1. The van der Waals surface area contributed by atoms with Crippen LogP contribution < -0.4 is 5.73 Å². The SMILES string of the molecule is CC(C)C1CCc2sc(N)nc21. The Labute approximate surface area is 76.8 Å². The highest BCUT2D eigenvalue weighted by atomic mass is 32.1. The van der Waals surface area contributed by atoms with Gasteiger partial charge in [0.2, 0.25) is 0 Å². The van der Waals surface area contributed by atoms with Gasteiger partial charge in [0.05, 0.1) is 5.69 Å². The Morgan fingerprint density at radius 1 is 1.58 bits per heavy atom. The van der Waals surface area contributed by atoms with Crippen molar-refractivity contribution in [3.05, 3.63) is 10.6 Å². The van der Waals surface area contributed by atoms with E-state index in [0.29, 0.717) is 11.8 Å². The maximum atomic E-state index is 5.66. The molecule has 3 heteroatoms. The molecule has 66 valence electrons. The van der Waals surface area contributed by atoms with Crippen molar-refractivity contribution in [2.45, 2.75) is 32.6 Å². The Hall–Kier alpha value is -0.570. The van der Waals surface area contributed by atoms with Crippen LogP contribution in [0.1, 0.15) is 36.8 Å². The van der Waals surface area contributed by atoms with Crippen molar-refractivity contribution in [2.75, 3.05) is 5.73 Å². The van der Waals surface area contributed by atoms with E-state index in [1.165, 1.54) is 23.4 Å². The summed E-state index contributed by atoms with van der Waals surface area (Å²) in [6, 6.07) is 0. The third kappa shape index (κ3) is 1.12. The zero-order valence-corrected chi connectivity index (χ0v) is 8.32. The van der Waals surface area contributed by atoms with Gasteiger partial charge in [0.1, 0.15) is 0 Å². The number of hydrogen-bond acceptors (Lipinski definition) is 3. The molecular formula is C9H14N2S. The van der Waals surface area contributed by atoms with E-state index in [2.05, 4.69) is 18.8 Å². The summed E-state index contributed by atoms with van der Waals surface area (Å²) < 4.78 is 0. The highest BCUT2D eigenvalue weighted by Gasteiger charge is 2.28. The van der Waals surface area contributed by atoms with Gasteiger partial charge >= 0.3 is 0 Å². The van der Waals surface area contributed by atoms with Gasteiger partial charge in [-0.25, -0.2) is 4.98 Å². The Morgan fingerprint density at radius 2 is 2.33 bits per heavy atom. The molecule has 12 heavy (non-hydrogen) atoms. The first-order valence-electron chi connectivity index (χ1n) is 4.43. The van der Waals surface area contributed by atoms with Gasteiger partial charge in [0.25, 0.3) is 0 Å². The molecule has 0 spiro atoms. The van der Waals surface area contributed by atoms with E-state index >= 15 is 0 Å². The van der Waals surface area contributed by atoms with Crippen molar-refractivity contribution in [1.82, 2.24) is 4.98 Å². The minimum atomic E-state index is 0.661. The number of rotatable bonds is 1. The summed E-state index contributed by atoms with van der Waals surface area (Å²) in [4.78, 5) is 5.81. The van der Waals surface area contributed by atoms with Gasteiger partial charge in [-0.1, -0.05) is 13.8 Å². The number of anilines is 1. The number of aryl methyl sites for hydroxylation is 1. The van der Waals surface area contributed by atoms with Crippen LogP contribution in [0.25, 0.3) is 0 Å². The van der Waals surface area contributed by atoms with Crippen LogP contribution in [0.3, 0.4) is 0 Å². The zero-order valence-electron chi connectivity index (χ0n) is 7.50. The van der Waals surface area contributed by atoms with Crippen LogP contribution in [-0.4, -0.2) is 4.98 Å². The van der Waals surface area contributed by atoms with Gasteiger partial charge in [0, 0.05) is 10.8 Å². The minimum Gasteiger partial charge on any atom is -0.375 e. The third-order valence-electron chi connectivity index (χ3n) is 2.58. The molecule has 0 aromatic carbocycles. The van der Waals surface area contributed by atoms with Crippen molar-refractivity contribution < 1.29 is 0 Å². The van der Waals surface area contributed by atoms with Crippen LogP contribution in [0.2, 0.25) is 0 Å². The number of thiazole rings is 1. The first-order valence-corrected chi connectivity index (χ1v) is 5.25. The second-order valence-corrected chi connectivity index (χ2v) is 4.86. The molecule has 1 heterocycles. The second kappa shape index (κ2) is 2.73. The van der Waals surface area contributed by atoms with Crippen LogP contribution >= 0.6 is 11.3 Å². The van der Waals surface area contributed by atoms with E-state index in [4.69, 9.17) is 5.73 Å². The van der Waals surface area contributed by atoms with Gasteiger partial charge < -0.3 is 5.73 Å². The van der Waals surface area contributed by atoms with Gasteiger partial charge in [-0.05, 0) is 18.8 Å². The van der Waals surface area contributed by atoms with Crippen LogP contribution in [0.4, 0.5) is 5.13 Å². The summed E-state index contributed by atoms with van der Waals surface area (Å²) in [6.45, 7) is 4.52. The fourth-order valence-electron chi connectivity index (χ4n) is 1.92. The van der Waals surface area contributed by atoms with Crippen molar-refractivity contribution in [3.8, 4) is 0 Å². The summed E-state index contributed by atoms with van der Waals surface area (Å²) >= 11 is 1.66. The van der Waals surface area contributed by atoms with Gasteiger partial charge in [-0.3, -0.25) is 0 Å². The molecule has 1 unspecified atom stereocenters. The van der Waals surface area contributed by atoms with Crippen molar-refractivity contribution in [1.29, 1.82) is 0 Å². The van der Waals surface area contributed by atoms with Crippen LogP contribution in [-0.2, 0) is 6.42 Å². The minimum absolute atomic E-state index is 0.661. The first-order chi connectivity index (χ1) is 5.68.